The second-order valence-electron chi connectivity index (χ2n) is 5.27. The molecule has 0 aromatic heterocycles. The molecular weight excluding hydrogens is 330 g/mol. The first-order valence-electron chi connectivity index (χ1n) is 7.56. The molecule has 0 aliphatic carbocycles. The van der Waals surface area contributed by atoms with Crippen molar-refractivity contribution in [3.63, 3.8) is 0 Å². The second kappa shape index (κ2) is 9.91. The average Bonchev–Trinajstić information content (AvgIpc) is 2.58. The van der Waals surface area contributed by atoms with E-state index in [0.717, 1.165) is 5.56 Å². The molecule has 3 amide bonds. The Morgan fingerprint density at radius 1 is 1.04 bits per heavy atom. The Morgan fingerprint density at radius 2 is 1.68 bits per heavy atom. The summed E-state index contributed by atoms with van der Waals surface area (Å²) < 4.78 is 4.94. The minimum atomic E-state index is -1.19. The summed E-state index contributed by atoms with van der Waals surface area (Å²) >= 11 is 0. The van der Waals surface area contributed by atoms with Gasteiger partial charge in [0.05, 0.1) is 0 Å². The first kappa shape index (κ1) is 19.9. The fourth-order valence-corrected chi connectivity index (χ4v) is 1.68. The van der Waals surface area contributed by atoms with Gasteiger partial charge in [0.15, 0.2) is 0 Å². The van der Waals surface area contributed by atoms with Gasteiger partial charge >= 0.3 is 12.1 Å². The maximum absolute atomic E-state index is 11.7. The molecule has 0 aliphatic heterocycles. The number of carboxylic acid groups (broad SMARTS) is 1. The van der Waals surface area contributed by atoms with E-state index in [9.17, 15) is 19.2 Å². The van der Waals surface area contributed by atoms with E-state index in [1.54, 1.807) is 12.1 Å². The van der Waals surface area contributed by atoms with Gasteiger partial charge in [-0.15, -0.1) is 0 Å². The third-order valence-electron chi connectivity index (χ3n) is 3.11. The van der Waals surface area contributed by atoms with E-state index in [1.165, 1.54) is 13.8 Å². The zero-order valence-electron chi connectivity index (χ0n) is 13.9. The van der Waals surface area contributed by atoms with Crippen molar-refractivity contribution in [3.8, 4) is 0 Å². The molecule has 0 spiro atoms. The lowest BCUT2D eigenvalue weighted by atomic mass is 10.2. The van der Waals surface area contributed by atoms with Gasteiger partial charge < -0.3 is 25.8 Å². The molecule has 2 atom stereocenters. The monoisotopic (exact) mass is 351 g/mol. The van der Waals surface area contributed by atoms with Gasteiger partial charge in [-0.05, 0) is 19.4 Å². The Bertz CT molecular complexity index is 620. The molecule has 9 heteroatoms. The summed E-state index contributed by atoms with van der Waals surface area (Å²) in [4.78, 5) is 45.5. The van der Waals surface area contributed by atoms with Gasteiger partial charge in [0.2, 0.25) is 11.8 Å². The van der Waals surface area contributed by atoms with Crippen molar-refractivity contribution in [1.82, 2.24) is 16.0 Å². The lowest BCUT2D eigenvalue weighted by Crippen LogP contribution is -2.51. The summed E-state index contributed by atoms with van der Waals surface area (Å²) in [6.07, 6.45) is -0.768. The molecule has 0 saturated carbocycles. The summed E-state index contributed by atoms with van der Waals surface area (Å²) in [6, 6.07) is 7.01. The number of hydrogen-bond acceptors (Lipinski definition) is 5. The van der Waals surface area contributed by atoms with Gasteiger partial charge in [0.1, 0.15) is 25.2 Å². The smallest absolute Gasteiger partial charge is 0.407 e. The SMILES string of the molecule is C[C@H](NC(=O)[C@H](C)NC(=O)CNC(=O)OCc1ccccc1)C(=O)O. The van der Waals surface area contributed by atoms with Crippen LogP contribution in [0, 0.1) is 0 Å². The predicted octanol–water partition coefficient (Wildman–Crippen LogP) is 0.00680. The van der Waals surface area contributed by atoms with E-state index in [2.05, 4.69) is 16.0 Å². The molecule has 1 rings (SSSR count). The van der Waals surface area contributed by atoms with Gasteiger partial charge in [-0.2, -0.15) is 0 Å². The molecular formula is C16H21N3O6. The van der Waals surface area contributed by atoms with Crippen molar-refractivity contribution in [2.75, 3.05) is 6.54 Å². The number of ether oxygens (including phenoxy) is 1. The zero-order valence-corrected chi connectivity index (χ0v) is 13.9. The van der Waals surface area contributed by atoms with Crippen LogP contribution in [0.3, 0.4) is 0 Å². The highest BCUT2D eigenvalue weighted by atomic mass is 16.5. The molecule has 0 bridgehead atoms. The fourth-order valence-electron chi connectivity index (χ4n) is 1.68. The van der Waals surface area contributed by atoms with E-state index in [1.807, 2.05) is 18.2 Å². The van der Waals surface area contributed by atoms with Gasteiger partial charge in [-0.3, -0.25) is 14.4 Å². The number of aliphatic carboxylic acids is 1. The minimum absolute atomic E-state index is 0.0696. The van der Waals surface area contributed by atoms with Crippen LogP contribution >= 0.6 is 0 Å². The number of rotatable bonds is 8. The quantitative estimate of drug-likeness (QED) is 0.521. The first-order chi connectivity index (χ1) is 11.8. The van der Waals surface area contributed by atoms with E-state index < -0.39 is 36.0 Å². The van der Waals surface area contributed by atoms with Crippen LogP contribution in [0.15, 0.2) is 30.3 Å². The number of alkyl carbamates (subject to hydrolysis) is 1. The maximum atomic E-state index is 11.7. The van der Waals surface area contributed by atoms with Gasteiger partial charge in [0, 0.05) is 0 Å². The van der Waals surface area contributed by atoms with E-state index in [4.69, 9.17) is 9.84 Å². The molecule has 25 heavy (non-hydrogen) atoms. The fraction of sp³-hybridized carbons (Fsp3) is 0.375. The molecule has 1 aromatic rings. The lowest BCUT2D eigenvalue weighted by Gasteiger charge is -2.16. The Hall–Kier alpha value is -3.10. The van der Waals surface area contributed by atoms with Crippen molar-refractivity contribution < 1.29 is 29.0 Å². The third-order valence-corrected chi connectivity index (χ3v) is 3.11. The molecule has 0 fully saturated rings. The number of benzene rings is 1. The standard InChI is InChI=1S/C16H21N3O6/c1-10(14(21)19-11(2)15(22)23)18-13(20)8-17-16(24)25-9-12-6-4-3-5-7-12/h3-7,10-11H,8-9H2,1-2H3,(H,17,24)(H,18,20)(H,19,21)(H,22,23)/t10-,11-/m0/s1. The Morgan fingerprint density at radius 3 is 2.28 bits per heavy atom. The highest BCUT2D eigenvalue weighted by Crippen LogP contribution is 2.00. The Balaban J connectivity index is 2.28. The number of carbonyl (C=O) groups excluding carboxylic acids is 3. The molecule has 0 aliphatic rings. The highest BCUT2D eigenvalue weighted by molar-refractivity contribution is 5.91. The largest absolute Gasteiger partial charge is 0.480 e. The molecule has 0 saturated heterocycles. The summed E-state index contributed by atoms with van der Waals surface area (Å²) in [5, 5.41) is 15.5. The maximum Gasteiger partial charge on any atom is 0.407 e. The van der Waals surface area contributed by atoms with Gasteiger partial charge in [0.25, 0.3) is 0 Å². The first-order valence-corrected chi connectivity index (χ1v) is 7.56. The summed E-state index contributed by atoms with van der Waals surface area (Å²) in [5.41, 5.74) is 0.806. The minimum Gasteiger partial charge on any atom is -0.480 e. The predicted molar refractivity (Wildman–Crippen MR) is 87.5 cm³/mol. The topological polar surface area (TPSA) is 134 Å². The molecule has 4 N–H and O–H groups in total. The van der Waals surface area contributed by atoms with Gasteiger partial charge in [-0.25, -0.2) is 4.79 Å². The van der Waals surface area contributed by atoms with Crippen LogP contribution in [-0.4, -0.2) is 47.6 Å². The molecule has 0 heterocycles. The molecule has 0 unspecified atom stereocenters. The van der Waals surface area contributed by atoms with Crippen LogP contribution in [-0.2, 0) is 25.7 Å². The second-order valence-corrected chi connectivity index (χ2v) is 5.27. The Kier molecular flexibility index (Phi) is 7.91. The molecule has 1 aromatic carbocycles. The lowest BCUT2D eigenvalue weighted by molar-refractivity contribution is -0.141. The van der Waals surface area contributed by atoms with Crippen molar-refractivity contribution in [1.29, 1.82) is 0 Å². The molecule has 0 radical (unpaired) electrons. The summed E-state index contributed by atoms with van der Waals surface area (Å²) in [6.45, 7) is 2.40. The van der Waals surface area contributed by atoms with Crippen molar-refractivity contribution in [3.05, 3.63) is 35.9 Å². The van der Waals surface area contributed by atoms with Crippen molar-refractivity contribution in [2.24, 2.45) is 0 Å². The Labute approximate surface area is 144 Å². The number of carboxylic acids is 1. The van der Waals surface area contributed by atoms with E-state index in [0.29, 0.717) is 0 Å². The highest BCUT2D eigenvalue weighted by Gasteiger charge is 2.20. The number of amides is 3. The van der Waals surface area contributed by atoms with Crippen LogP contribution in [0.1, 0.15) is 19.4 Å². The zero-order chi connectivity index (χ0) is 18.8. The number of nitrogens with one attached hydrogen (secondary N) is 3. The van der Waals surface area contributed by atoms with Crippen LogP contribution in [0.2, 0.25) is 0 Å². The van der Waals surface area contributed by atoms with Crippen molar-refractivity contribution in [2.45, 2.75) is 32.5 Å². The van der Waals surface area contributed by atoms with Crippen LogP contribution in [0.25, 0.3) is 0 Å². The van der Waals surface area contributed by atoms with Crippen LogP contribution in [0.5, 0.6) is 0 Å². The summed E-state index contributed by atoms with van der Waals surface area (Å²) in [7, 11) is 0. The van der Waals surface area contributed by atoms with Gasteiger partial charge in [-0.1, -0.05) is 30.3 Å². The number of hydrogen-bond donors (Lipinski definition) is 4. The molecule has 9 nitrogen and oxygen atoms in total. The van der Waals surface area contributed by atoms with E-state index in [-0.39, 0.29) is 13.2 Å². The molecule has 136 valence electrons. The average molecular weight is 351 g/mol. The van der Waals surface area contributed by atoms with E-state index >= 15 is 0 Å². The van der Waals surface area contributed by atoms with Crippen LogP contribution < -0.4 is 16.0 Å². The normalized spacial score (nSPS) is 12.4. The number of carbonyl (C=O) groups is 4. The third kappa shape index (κ3) is 7.82. The summed E-state index contributed by atoms with van der Waals surface area (Å²) in [5.74, 6) is -2.44. The van der Waals surface area contributed by atoms with Crippen molar-refractivity contribution >= 4 is 23.9 Å². The van der Waals surface area contributed by atoms with Crippen LogP contribution in [0.4, 0.5) is 4.79 Å².